The summed E-state index contributed by atoms with van der Waals surface area (Å²) in [6.45, 7) is 4.71. The minimum Gasteiger partial charge on any atom is -0.304 e. The third-order valence-corrected chi connectivity index (χ3v) is 2.40. The van der Waals surface area contributed by atoms with Crippen LogP contribution >= 0.6 is 0 Å². The average molecular weight is 280 g/mol. The molecule has 0 aliphatic rings. The van der Waals surface area contributed by atoms with Crippen LogP contribution in [-0.4, -0.2) is 27.9 Å². The summed E-state index contributed by atoms with van der Waals surface area (Å²) >= 11 is 0. The van der Waals surface area contributed by atoms with Crippen molar-refractivity contribution in [1.82, 2.24) is 20.2 Å². The summed E-state index contributed by atoms with van der Waals surface area (Å²) in [7, 11) is 0. The van der Waals surface area contributed by atoms with E-state index in [-0.39, 0.29) is 0 Å². The van der Waals surface area contributed by atoms with E-state index in [1.54, 1.807) is 24.5 Å². The van der Waals surface area contributed by atoms with Gasteiger partial charge in [0.15, 0.2) is 6.67 Å². The van der Waals surface area contributed by atoms with Crippen LogP contribution in [-0.2, 0) is 4.79 Å². The predicted octanol–water partition coefficient (Wildman–Crippen LogP) is 1.40. The number of aryl methyl sites for hydroxylation is 1. The molecule has 0 unspecified atom stereocenters. The molecule has 0 atom stereocenters. The highest BCUT2D eigenvalue weighted by atomic mass is 19.1. The standard InChI is InChI=1S/C11H11FN4O2.C2H6/c1-7-6-13-9-4-8(2-3-16(7)9)11(18)15-14-10(17)5-12;1-2/h2-4,6H,5H2,1H3,(H,14,17)(H,15,18);1-2H3. The van der Waals surface area contributed by atoms with Gasteiger partial charge in [0.05, 0.1) is 0 Å². The number of alkyl halides is 1. The molecule has 20 heavy (non-hydrogen) atoms. The van der Waals surface area contributed by atoms with Crippen LogP contribution in [0.3, 0.4) is 0 Å². The molecule has 0 aromatic carbocycles. The van der Waals surface area contributed by atoms with E-state index in [4.69, 9.17) is 0 Å². The van der Waals surface area contributed by atoms with Crippen LogP contribution in [0.2, 0.25) is 0 Å². The molecule has 2 aromatic heterocycles. The van der Waals surface area contributed by atoms with Crippen LogP contribution in [0.4, 0.5) is 4.39 Å². The van der Waals surface area contributed by atoms with Crippen molar-refractivity contribution < 1.29 is 14.0 Å². The fourth-order valence-corrected chi connectivity index (χ4v) is 1.48. The number of imidazole rings is 1. The number of rotatable bonds is 2. The Balaban J connectivity index is 0.000000956. The molecule has 6 nitrogen and oxygen atoms in total. The molecular weight excluding hydrogens is 263 g/mol. The highest BCUT2D eigenvalue weighted by molar-refractivity contribution is 5.96. The molecule has 0 saturated heterocycles. The number of pyridine rings is 1. The Morgan fingerprint density at radius 1 is 1.35 bits per heavy atom. The Kier molecular flexibility index (Phi) is 5.64. The molecule has 0 spiro atoms. The summed E-state index contributed by atoms with van der Waals surface area (Å²) in [5, 5.41) is 0. The molecule has 2 N–H and O–H groups in total. The minimum atomic E-state index is -1.18. The van der Waals surface area contributed by atoms with Gasteiger partial charge in [0.1, 0.15) is 5.65 Å². The first-order valence-electron chi connectivity index (χ1n) is 6.20. The molecule has 0 bridgehead atoms. The zero-order valence-electron chi connectivity index (χ0n) is 11.6. The molecule has 7 heteroatoms. The van der Waals surface area contributed by atoms with Crippen LogP contribution in [0.25, 0.3) is 5.65 Å². The summed E-state index contributed by atoms with van der Waals surface area (Å²) in [4.78, 5) is 26.4. The van der Waals surface area contributed by atoms with Crippen molar-refractivity contribution in [1.29, 1.82) is 0 Å². The van der Waals surface area contributed by atoms with Crippen molar-refractivity contribution in [2.45, 2.75) is 20.8 Å². The maximum Gasteiger partial charge on any atom is 0.269 e. The lowest BCUT2D eigenvalue weighted by molar-refractivity contribution is -0.122. The zero-order chi connectivity index (χ0) is 15.1. The first-order valence-corrected chi connectivity index (χ1v) is 6.20. The van der Waals surface area contributed by atoms with Crippen molar-refractivity contribution >= 4 is 17.5 Å². The number of halogens is 1. The van der Waals surface area contributed by atoms with Gasteiger partial charge in [-0.25, -0.2) is 9.37 Å². The average Bonchev–Trinajstić information content (AvgIpc) is 2.87. The van der Waals surface area contributed by atoms with E-state index in [9.17, 15) is 14.0 Å². The molecule has 0 saturated carbocycles. The summed E-state index contributed by atoms with van der Waals surface area (Å²) < 4.78 is 13.7. The molecule has 2 amide bonds. The van der Waals surface area contributed by atoms with Crippen LogP contribution in [0, 0.1) is 6.92 Å². The third-order valence-electron chi connectivity index (χ3n) is 2.40. The van der Waals surface area contributed by atoms with E-state index >= 15 is 0 Å². The van der Waals surface area contributed by atoms with E-state index < -0.39 is 18.5 Å². The van der Waals surface area contributed by atoms with Gasteiger partial charge in [-0.2, -0.15) is 0 Å². The number of nitrogens with zero attached hydrogens (tertiary/aromatic N) is 2. The van der Waals surface area contributed by atoms with Crippen LogP contribution < -0.4 is 10.9 Å². The number of fused-ring (bicyclic) bond motifs is 1. The first-order chi connectivity index (χ1) is 9.61. The van der Waals surface area contributed by atoms with E-state index in [0.29, 0.717) is 11.2 Å². The van der Waals surface area contributed by atoms with Crippen molar-refractivity contribution in [3.8, 4) is 0 Å². The molecule has 0 aliphatic heterocycles. The van der Waals surface area contributed by atoms with Gasteiger partial charge in [-0.05, 0) is 19.1 Å². The fourth-order valence-electron chi connectivity index (χ4n) is 1.48. The lowest BCUT2D eigenvalue weighted by atomic mass is 10.2. The normalized spacial score (nSPS) is 9.60. The van der Waals surface area contributed by atoms with Crippen LogP contribution in [0.1, 0.15) is 29.9 Å². The molecule has 0 fully saturated rings. The second-order valence-corrected chi connectivity index (χ2v) is 3.68. The highest BCUT2D eigenvalue weighted by Crippen LogP contribution is 2.08. The topological polar surface area (TPSA) is 75.5 Å². The summed E-state index contributed by atoms with van der Waals surface area (Å²) in [6.07, 6.45) is 3.38. The Bertz CT molecular complexity index is 609. The van der Waals surface area contributed by atoms with Crippen molar-refractivity contribution in [2.24, 2.45) is 0 Å². The maximum atomic E-state index is 11.9. The SMILES string of the molecule is CC.Cc1cnc2cc(C(=O)NNC(=O)CF)ccn12. The van der Waals surface area contributed by atoms with Gasteiger partial charge in [-0.15, -0.1) is 0 Å². The summed E-state index contributed by atoms with van der Waals surface area (Å²) in [5.41, 5.74) is 5.94. The van der Waals surface area contributed by atoms with Crippen molar-refractivity contribution in [3.05, 3.63) is 35.8 Å². The fraction of sp³-hybridized carbons (Fsp3) is 0.308. The van der Waals surface area contributed by atoms with Crippen LogP contribution in [0.5, 0.6) is 0 Å². The Labute approximate surface area is 116 Å². The summed E-state index contributed by atoms with van der Waals surface area (Å²) in [6, 6.07) is 3.16. The van der Waals surface area contributed by atoms with Gasteiger partial charge in [0.2, 0.25) is 0 Å². The van der Waals surface area contributed by atoms with Gasteiger partial charge >= 0.3 is 0 Å². The zero-order valence-corrected chi connectivity index (χ0v) is 11.6. The predicted molar refractivity (Wildman–Crippen MR) is 72.9 cm³/mol. The van der Waals surface area contributed by atoms with E-state index in [1.165, 1.54) is 0 Å². The van der Waals surface area contributed by atoms with Gasteiger partial charge < -0.3 is 4.40 Å². The second kappa shape index (κ2) is 7.22. The lowest BCUT2D eigenvalue weighted by Crippen LogP contribution is -2.42. The molecular formula is C13H17FN4O2. The van der Waals surface area contributed by atoms with Gasteiger partial charge in [-0.1, -0.05) is 13.8 Å². The van der Waals surface area contributed by atoms with Crippen molar-refractivity contribution in [3.63, 3.8) is 0 Å². The van der Waals surface area contributed by atoms with Gasteiger partial charge in [-0.3, -0.25) is 20.4 Å². The van der Waals surface area contributed by atoms with Crippen LogP contribution in [0.15, 0.2) is 24.5 Å². The molecule has 2 heterocycles. The van der Waals surface area contributed by atoms with Gasteiger partial charge in [0, 0.05) is 23.7 Å². The number of aromatic nitrogens is 2. The number of hydrogen-bond donors (Lipinski definition) is 2. The van der Waals surface area contributed by atoms with E-state index in [1.807, 2.05) is 30.6 Å². The Hall–Kier alpha value is -2.44. The lowest BCUT2D eigenvalue weighted by Gasteiger charge is -2.05. The minimum absolute atomic E-state index is 0.326. The maximum absolute atomic E-state index is 11.9. The molecule has 2 aromatic rings. The second-order valence-electron chi connectivity index (χ2n) is 3.68. The number of nitrogens with one attached hydrogen (secondary N) is 2. The van der Waals surface area contributed by atoms with Crippen molar-refractivity contribution in [2.75, 3.05) is 6.67 Å². The number of carbonyl (C=O) groups excluding carboxylic acids is 2. The number of hydrazine groups is 1. The Morgan fingerprint density at radius 2 is 2.05 bits per heavy atom. The number of carbonyl (C=O) groups is 2. The monoisotopic (exact) mass is 280 g/mol. The van der Waals surface area contributed by atoms with Gasteiger partial charge in [0.25, 0.3) is 11.8 Å². The molecule has 2 rings (SSSR count). The first kappa shape index (κ1) is 15.6. The quantitative estimate of drug-likeness (QED) is 0.816. The van der Waals surface area contributed by atoms with E-state index in [0.717, 1.165) is 5.69 Å². The molecule has 0 radical (unpaired) electrons. The van der Waals surface area contributed by atoms with E-state index in [2.05, 4.69) is 10.4 Å². The Morgan fingerprint density at radius 3 is 2.70 bits per heavy atom. The number of hydrogen-bond acceptors (Lipinski definition) is 3. The summed E-state index contributed by atoms with van der Waals surface area (Å²) in [5.74, 6) is -1.43. The third kappa shape index (κ3) is 3.53. The largest absolute Gasteiger partial charge is 0.304 e. The molecule has 0 aliphatic carbocycles. The number of amides is 2. The smallest absolute Gasteiger partial charge is 0.269 e. The highest BCUT2D eigenvalue weighted by Gasteiger charge is 2.09. The molecule has 108 valence electrons.